The molecule has 0 unspecified atom stereocenters. The van der Waals surface area contributed by atoms with E-state index >= 15 is 0 Å². The third-order valence-corrected chi connectivity index (χ3v) is 3.46. The van der Waals surface area contributed by atoms with Gasteiger partial charge in [0.15, 0.2) is 0 Å². The van der Waals surface area contributed by atoms with E-state index in [1.54, 1.807) is 15.8 Å². The van der Waals surface area contributed by atoms with Gasteiger partial charge in [0.25, 0.3) is 5.91 Å². The SMILES string of the molecule is CCC(=O)N1CCN(C(=O)c2cscn2)CC1. The molecule has 0 aliphatic carbocycles. The van der Waals surface area contributed by atoms with Crippen molar-refractivity contribution in [3.8, 4) is 0 Å². The summed E-state index contributed by atoms with van der Waals surface area (Å²) in [4.78, 5) is 31.0. The Morgan fingerprint density at radius 2 is 1.94 bits per heavy atom. The summed E-state index contributed by atoms with van der Waals surface area (Å²) in [5.41, 5.74) is 2.16. The predicted molar refractivity (Wildman–Crippen MR) is 64.9 cm³/mol. The van der Waals surface area contributed by atoms with Crippen molar-refractivity contribution in [2.75, 3.05) is 26.2 Å². The van der Waals surface area contributed by atoms with E-state index < -0.39 is 0 Å². The highest BCUT2D eigenvalue weighted by molar-refractivity contribution is 7.07. The number of rotatable bonds is 2. The minimum atomic E-state index is -0.0325. The van der Waals surface area contributed by atoms with Crippen molar-refractivity contribution in [3.63, 3.8) is 0 Å². The van der Waals surface area contributed by atoms with Gasteiger partial charge in [-0.25, -0.2) is 4.98 Å². The number of nitrogens with zero attached hydrogens (tertiary/aromatic N) is 3. The standard InChI is InChI=1S/C11H15N3O2S/c1-2-10(15)13-3-5-14(6-4-13)11(16)9-7-17-8-12-9/h7-8H,2-6H2,1H3. The summed E-state index contributed by atoms with van der Waals surface area (Å²) in [6.07, 6.45) is 0.528. The fourth-order valence-corrected chi connectivity index (χ4v) is 2.39. The van der Waals surface area contributed by atoms with Crippen molar-refractivity contribution < 1.29 is 9.59 Å². The van der Waals surface area contributed by atoms with Crippen LogP contribution in [0.15, 0.2) is 10.9 Å². The molecule has 0 saturated carbocycles. The maximum atomic E-state index is 12.0. The summed E-state index contributed by atoms with van der Waals surface area (Å²) < 4.78 is 0. The number of amides is 2. The molecule has 1 aliphatic heterocycles. The average Bonchev–Trinajstić information content (AvgIpc) is 2.91. The highest BCUT2D eigenvalue weighted by Gasteiger charge is 2.24. The largest absolute Gasteiger partial charge is 0.339 e. The first kappa shape index (κ1) is 12.0. The average molecular weight is 253 g/mol. The van der Waals surface area contributed by atoms with Crippen LogP contribution in [0.2, 0.25) is 0 Å². The highest BCUT2D eigenvalue weighted by atomic mass is 32.1. The van der Waals surface area contributed by atoms with Crippen LogP contribution in [0.5, 0.6) is 0 Å². The summed E-state index contributed by atoms with van der Waals surface area (Å²) >= 11 is 1.42. The van der Waals surface area contributed by atoms with Gasteiger partial charge in [0.1, 0.15) is 5.69 Å². The summed E-state index contributed by atoms with van der Waals surface area (Å²) in [7, 11) is 0. The Labute approximate surface area is 104 Å². The molecule has 1 fully saturated rings. The molecule has 0 bridgehead atoms. The van der Waals surface area contributed by atoms with Crippen LogP contribution in [0.25, 0.3) is 0 Å². The van der Waals surface area contributed by atoms with E-state index in [4.69, 9.17) is 0 Å². The molecule has 1 aliphatic rings. The zero-order chi connectivity index (χ0) is 12.3. The third-order valence-electron chi connectivity index (χ3n) is 2.87. The lowest BCUT2D eigenvalue weighted by atomic mass is 10.2. The van der Waals surface area contributed by atoms with Crippen molar-refractivity contribution in [3.05, 3.63) is 16.6 Å². The summed E-state index contributed by atoms with van der Waals surface area (Å²) in [5, 5.41) is 1.76. The molecule has 5 nitrogen and oxygen atoms in total. The molecular weight excluding hydrogens is 238 g/mol. The van der Waals surface area contributed by atoms with E-state index in [9.17, 15) is 9.59 Å². The Balaban J connectivity index is 1.91. The number of carbonyl (C=O) groups excluding carboxylic acids is 2. The van der Waals surface area contributed by atoms with Gasteiger partial charge in [0.05, 0.1) is 5.51 Å². The minimum absolute atomic E-state index is 0.0325. The van der Waals surface area contributed by atoms with Crippen LogP contribution in [0.3, 0.4) is 0 Å². The van der Waals surface area contributed by atoms with E-state index in [0.29, 0.717) is 38.3 Å². The molecule has 0 atom stereocenters. The second-order valence-electron chi connectivity index (χ2n) is 3.90. The fourth-order valence-electron chi connectivity index (χ4n) is 1.86. The van der Waals surface area contributed by atoms with Gasteiger partial charge >= 0.3 is 0 Å². The monoisotopic (exact) mass is 253 g/mol. The highest BCUT2D eigenvalue weighted by Crippen LogP contribution is 2.09. The normalized spacial score (nSPS) is 16.1. The molecular formula is C11H15N3O2S. The number of piperazine rings is 1. The number of aromatic nitrogens is 1. The quantitative estimate of drug-likeness (QED) is 0.784. The lowest BCUT2D eigenvalue weighted by Crippen LogP contribution is -2.50. The fraction of sp³-hybridized carbons (Fsp3) is 0.545. The Morgan fingerprint density at radius 1 is 1.29 bits per heavy atom. The van der Waals surface area contributed by atoms with Gasteiger partial charge in [-0.05, 0) is 0 Å². The van der Waals surface area contributed by atoms with Crippen LogP contribution in [0, 0.1) is 0 Å². The van der Waals surface area contributed by atoms with Gasteiger partial charge in [0, 0.05) is 38.0 Å². The first-order valence-electron chi connectivity index (χ1n) is 5.67. The molecule has 0 N–H and O–H groups in total. The number of carbonyl (C=O) groups is 2. The Morgan fingerprint density at radius 3 is 2.47 bits per heavy atom. The molecule has 6 heteroatoms. The van der Waals surface area contributed by atoms with Crippen LogP contribution >= 0.6 is 11.3 Å². The Kier molecular flexibility index (Phi) is 3.73. The van der Waals surface area contributed by atoms with Crippen molar-refractivity contribution in [1.82, 2.24) is 14.8 Å². The molecule has 0 aromatic carbocycles. The maximum absolute atomic E-state index is 12.0. The van der Waals surface area contributed by atoms with Gasteiger partial charge < -0.3 is 9.80 Å². The molecule has 0 spiro atoms. The molecule has 2 heterocycles. The number of thiazole rings is 1. The van der Waals surface area contributed by atoms with Gasteiger partial charge in [-0.15, -0.1) is 11.3 Å². The smallest absolute Gasteiger partial charge is 0.273 e. The zero-order valence-electron chi connectivity index (χ0n) is 9.76. The van der Waals surface area contributed by atoms with E-state index in [1.165, 1.54) is 11.3 Å². The second kappa shape index (κ2) is 5.27. The van der Waals surface area contributed by atoms with Crippen LogP contribution < -0.4 is 0 Å². The predicted octanol–water partition coefficient (Wildman–Crippen LogP) is 0.837. The van der Waals surface area contributed by atoms with Crippen LogP contribution in [-0.4, -0.2) is 52.8 Å². The lowest BCUT2D eigenvalue weighted by Gasteiger charge is -2.34. The minimum Gasteiger partial charge on any atom is -0.339 e. The lowest BCUT2D eigenvalue weighted by molar-refractivity contribution is -0.132. The van der Waals surface area contributed by atoms with Crippen LogP contribution in [0.4, 0.5) is 0 Å². The van der Waals surface area contributed by atoms with Crippen molar-refractivity contribution in [2.24, 2.45) is 0 Å². The molecule has 1 aromatic rings. The van der Waals surface area contributed by atoms with Gasteiger partial charge in [-0.3, -0.25) is 9.59 Å². The number of hydrogen-bond donors (Lipinski definition) is 0. The molecule has 17 heavy (non-hydrogen) atoms. The van der Waals surface area contributed by atoms with E-state index in [2.05, 4.69) is 4.98 Å². The van der Waals surface area contributed by atoms with Gasteiger partial charge in [0.2, 0.25) is 5.91 Å². The topological polar surface area (TPSA) is 53.5 Å². The Bertz CT molecular complexity index is 397. The van der Waals surface area contributed by atoms with Crippen molar-refractivity contribution in [1.29, 1.82) is 0 Å². The van der Waals surface area contributed by atoms with E-state index in [1.807, 2.05) is 11.8 Å². The molecule has 1 saturated heterocycles. The summed E-state index contributed by atoms with van der Waals surface area (Å²) in [6, 6.07) is 0. The van der Waals surface area contributed by atoms with Crippen molar-refractivity contribution in [2.45, 2.75) is 13.3 Å². The maximum Gasteiger partial charge on any atom is 0.273 e. The third kappa shape index (κ3) is 2.63. The zero-order valence-corrected chi connectivity index (χ0v) is 10.6. The first-order chi connectivity index (χ1) is 8.22. The molecule has 1 aromatic heterocycles. The van der Waals surface area contributed by atoms with Gasteiger partial charge in [-0.1, -0.05) is 6.92 Å². The molecule has 2 rings (SSSR count). The summed E-state index contributed by atoms with van der Waals surface area (Å²) in [5.74, 6) is 0.126. The van der Waals surface area contributed by atoms with E-state index in [-0.39, 0.29) is 11.8 Å². The van der Waals surface area contributed by atoms with Gasteiger partial charge in [-0.2, -0.15) is 0 Å². The summed E-state index contributed by atoms with van der Waals surface area (Å²) in [6.45, 7) is 4.31. The first-order valence-corrected chi connectivity index (χ1v) is 6.62. The Hall–Kier alpha value is -1.43. The van der Waals surface area contributed by atoms with Crippen LogP contribution in [0.1, 0.15) is 23.8 Å². The second-order valence-corrected chi connectivity index (χ2v) is 4.62. The number of hydrogen-bond acceptors (Lipinski definition) is 4. The van der Waals surface area contributed by atoms with Crippen molar-refractivity contribution >= 4 is 23.2 Å². The molecule has 92 valence electrons. The molecule has 0 radical (unpaired) electrons. The molecule has 2 amide bonds. The van der Waals surface area contributed by atoms with E-state index in [0.717, 1.165) is 0 Å². The van der Waals surface area contributed by atoms with Crippen LogP contribution in [-0.2, 0) is 4.79 Å².